The summed E-state index contributed by atoms with van der Waals surface area (Å²) in [5, 5.41) is 2.42. The first-order valence-electron chi connectivity index (χ1n) is 9.48. The highest BCUT2D eigenvalue weighted by Crippen LogP contribution is 2.22. The van der Waals surface area contributed by atoms with Gasteiger partial charge < -0.3 is 4.98 Å². The number of sulfone groups is 1. The maximum atomic E-state index is 11.2. The van der Waals surface area contributed by atoms with E-state index in [-0.39, 0.29) is 5.03 Å². The van der Waals surface area contributed by atoms with E-state index in [1.54, 1.807) is 6.07 Å². The molecule has 4 rings (SSSR count). The molecule has 0 amide bonds. The van der Waals surface area contributed by atoms with Crippen LogP contribution in [-0.4, -0.2) is 19.7 Å². The van der Waals surface area contributed by atoms with E-state index in [0.29, 0.717) is 5.92 Å². The van der Waals surface area contributed by atoms with Gasteiger partial charge in [-0.3, -0.25) is 0 Å². The molecule has 5 heteroatoms. The fourth-order valence-electron chi connectivity index (χ4n) is 2.98. The van der Waals surface area contributed by atoms with Gasteiger partial charge in [0.2, 0.25) is 0 Å². The molecule has 1 aromatic heterocycles. The number of nitrogens with one attached hydrogen (secondary N) is 1. The number of benzene rings is 3. The van der Waals surface area contributed by atoms with Crippen LogP contribution in [0, 0.1) is 0 Å². The maximum Gasteiger partial charge on any atom is 0.190 e. The van der Waals surface area contributed by atoms with Crippen LogP contribution in [0.1, 0.15) is 25.3 Å². The van der Waals surface area contributed by atoms with E-state index >= 15 is 0 Å². The molecular formula is C24H26NO2PS. The first-order valence-corrected chi connectivity index (χ1v) is 11.9. The minimum absolute atomic E-state index is 0.272. The van der Waals surface area contributed by atoms with Crippen LogP contribution < -0.4 is 5.30 Å². The summed E-state index contributed by atoms with van der Waals surface area (Å²) in [6.45, 7) is 4.44. The van der Waals surface area contributed by atoms with Crippen molar-refractivity contribution in [2.45, 2.75) is 24.8 Å². The number of aromatic amines is 1. The molecule has 1 heterocycles. The van der Waals surface area contributed by atoms with Gasteiger partial charge >= 0.3 is 0 Å². The molecule has 3 nitrogen and oxygen atoms in total. The van der Waals surface area contributed by atoms with Crippen molar-refractivity contribution in [3.8, 4) is 11.1 Å². The molecule has 1 N–H and O–H groups in total. The Morgan fingerprint density at radius 1 is 0.828 bits per heavy atom. The second-order valence-electron chi connectivity index (χ2n) is 7.39. The lowest BCUT2D eigenvalue weighted by Crippen LogP contribution is -1.96. The van der Waals surface area contributed by atoms with Gasteiger partial charge in [0.15, 0.2) is 9.84 Å². The Morgan fingerprint density at radius 3 is 1.90 bits per heavy atom. The third-order valence-corrected chi connectivity index (χ3v) is 6.13. The Bertz CT molecular complexity index is 1160. The van der Waals surface area contributed by atoms with E-state index in [0.717, 1.165) is 10.9 Å². The lowest BCUT2D eigenvalue weighted by molar-refractivity contribution is 0.599. The molecule has 0 aliphatic rings. The van der Waals surface area contributed by atoms with Gasteiger partial charge in [0.1, 0.15) is 5.03 Å². The van der Waals surface area contributed by atoms with Gasteiger partial charge in [-0.15, -0.1) is 9.24 Å². The lowest BCUT2D eigenvalue weighted by Gasteiger charge is -2.07. The van der Waals surface area contributed by atoms with Gasteiger partial charge in [-0.1, -0.05) is 80.6 Å². The average molecular weight is 424 g/mol. The average Bonchev–Trinajstić information content (AvgIpc) is 3.14. The third kappa shape index (κ3) is 5.56. The van der Waals surface area contributed by atoms with Crippen molar-refractivity contribution in [3.63, 3.8) is 0 Å². The number of hydrogen-bond donors (Lipinski definition) is 1. The lowest BCUT2D eigenvalue weighted by atomic mass is 9.99. The van der Waals surface area contributed by atoms with Crippen LogP contribution in [0.15, 0.2) is 83.9 Å². The third-order valence-electron chi connectivity index (χ3n) is 4.73. The van der Waals surface area contributed by atoms with Crippen molar-refractivity contribution >= 4 is 35.3 Å². The molecule has 0 aliphatic heterocycles. The Hall–Kier alpha value is -2.42. The van der Waals surface area contributed by atoms with Crippen molar-refractivity contribution in [2.75, 3.05) is 6.26 Å². The fourth-order valence-corrected chi connectivity index (χ4v) is 3.81. The van der Waals surface area contributed by atoms with E-state index in [1.807, 2.05) is 24.3 Å². The highest BCUT2D eigenvalue weighted by atomic mass is 32.2. The molecule has 29 heavy (non-hydrogen) atoms. The largest absolute Gasteiger partial charge is 0.346 e. The fraction of sp³-hybridized carbons (Fsp3) is 0.167. The summed E-state index contributed by atoms with van der Waals surface area (Å²) in [6, 6.07) is 26.5. The van der Waals surface area contributed by atoms with Crippen LogP contribution in [0.3, 0.4) is 0 Å². The number of rotatable bonds is 3. The second kappa shape index (κ2) is 8.94. The van der Waals surface area contributed by atoms with Gasteiger partial charge in [0.25, 0.3) is 0 Å². The van der Waals surface area contributed by atoms with Crippen molar-refractivity contribution in [2.24, 2.45) is 0 Å². The molecular weight excluding hydrogens is 397 g/mol. The van der Waals surface area contributed by atoms with Crippen LogP contribution in [0.25, 0.3) is 22.0 Å². The zero-order valence-electron chi connectivity index (χ0n) is 16.9. The SMILES string of the molecule is CC(C)c1ccc(-c2ccc(P)cc2)cc1.CS(=O)(=O)c1cc2ccccc2[nH]1. The quantitative estimate of drug-likeness (QED) is 0.439. The molecule has 3 aromatic carbocycles. The molecule has 0 saturated carbocycles. The normalized spacial score (nSPS) is 11.3. The van der Waals surface area contributed by atoms with E-state index in [1.165, 1.54) is 28.3 Å². The van der Waals surface area contributed by atoms with Crippen molar-refractivity contribution in [3.05, 3.63) is 84.4 Å². The van der Waals surface area contributed by atoms with Crippen LogP contribution in [-0.2, 0) is 9.84 Å². The summed E-state index contributed by atoms with van der Waals surface area (Å²) in [4.78, 5) is 2.85. The molecule has 0 aliphatic carbocycles. The number of fused-ring (bicyclic) bond motifs is 1. The highest BCUT2D eigenvalue weighted by Gasteiger charge is 2.09. The molecule has 1 atom stereocenters. The van der Waals surface area contributed by atoms with Gasteiger partial charge in [-0.2, -0.15) is 0 Å². The summed E-state index contributed by atoms with van der Waals surface area (Å²) in [5.74, 6) is 0.600. The number of hydrogen-bond acceptors (Lipinski definition) is 2. The molecule has 4 aromatic rings. The molecule has 150 valence electrons. The molecule has 0 radical (unpaired) electrons. The maximum absolute atomic E-state index is 11.2. The van der Waals surface area contributed by atoms with Gasteiger partial charge in [-0.05, 0) is 40.0 Å². The molecule has 0 spiro atoms. The summed E-state index contributed by atoms with van der Waals surface area (Å²) < 4.78 is 22.3. The highest BCUT2D eigenvalue weighted by molar-refractivity contribution is 7.90. The van der Waals surface area contributed by atoms with Crippen molar-refractivity contribution in [1.29, 1.82) is 0 Å². The predicted octanol–water partition coefficient (Wildman–Crippen LogP) is 5.55. The van der Waals surface area contributed by atoms with Crippen molar-refractivity contribution < 1.29 is 8.42 Å². The smallest absolute Gasteiger partial charge is 0.190 e. The van der Waals surface area contributed by atoms with Crippen molar-refractivity contribution in [1.82, 2.24) is 4.98 Å². The summed E-state index contributed by atoms with van der Waals surface area (Å²) in [6.07, 6.45) is 1.19. The van der Waals surface area contributed by atoms with Gasteiger partial charge in [-0.25, -0.2) is 8.42 Å². The van der Waals surface area contributed by atoms with Gasteiger partial charge in [0, 0.05) is 17.2 Å². The van der Waals surface area contributed by atoms with E-state index in [2.05, 4.69) is 76.6 Å². The van der Waals surface area contributed by atoms with E-state index in [4.69, 9.17) is 0 Å². The van der Waals surface area contributed by atoms with Gasteiger partial charge in [0.05, 0.1) is 0 Å². The van der Waals surface area contributed by atoms with Crippen LogP contribution >= 0.6 is 9.24 Å². The van der Waals surface area contributed by atoms with Crippen LogP contribution in [0.5, 0.6) is 0 Å². The molecule has 0 bridgehead atoms. The number of aromatic nitrogens is 1. The summed E-state index contributed by atoms with van der Waals surface area (Å²) in [5.41, 5.74) is 4.81. The van der Waals surface area contributed by atoms with E-state index in [9.17, 15) is 8.42 Å². The Balaban J connectivity index is 0.000000169. The predicted molar refractivity (Wildman–Crippen MR) is 127 cm³/mol. The summed E-state index contributed by atoms with van der Waals surface area (Å²) >= 11 is 0. The zero-order valence-corrected chi connectivity index (χ0v) is 18.9. The number of H-pyrrole nitrogens is 1. The standard InChI is InChI=1S/C15H17P.C9H9NO2S/c1-11(2)12-3-5-13(6-4-12)14-7-9-15(16)10-8-14;1-13(11,12)9-6-7-4-2-3-5-8(7)10-9/h3-11H,16H2,1-2H3;2-6,10H,1H3. The molecule has 0 fully saturated rings. The molecule has 1 unspecified atom stereocenters. The first-order chi connectivity index (χ1) is 13.7. The Kier molecular flexibility index (Phi) is 6.56. The van der Waals surface area contributed by atoms with E-state index < -0.39 is 9.84 Å². The monoisotopic (exact) mass is 423 g/mol. The van der Waals surface area contributed by atoms with Crippen LogP contribution in [0.4, 0.5) is 0 Å². The Labute approximate surface area is 175 Å². The Morgan fingerprint density at radius 2 is 1.38 bits per heavy atom. The summed E-state index contributed by atoms with van der Waals surface area (Å²) in [7, 11) is -0.412. The zero-order chi connectivity index (χ0) is 21.0. The first kappa shape index (κ1) is 21.3. The second-order valence-corrected chi connectivity index (χ2v) is 10.0. The molecule has 0 saturated heterocycles. The van der Waals surface area contributed by atoms with Crippen LogP contribution in [0.2, 0.25) is 0 Å². The number of para-hydroxylation sites is 1. The minimum atomic E-state index is -3.12. The minimum Gasteiger partial charge on any atom is -0.346 e. The topological polar surface area (TPSA) is 49.9 Å².